The molecule has 1 aromatic rings. The zero-order valence-electron chi connectivity index (χ0n) is 11.7. The average molecular weight is 249 g/mol. The van der Waals surface area contributed by atoms with Crippen LogP contribution in [0.1, 0.15) is 44.4 Å². The van der Waals surface area contributed by atoms with Crippen LogP contribution in [0, 0.1) is 6.92 Å². The molecule has 0 fully saturated rings. The molecule has 0 aromatic heterocycles. The Morgan fingerprint density at radius 3 is 2.22 bits per heavy atom. The van der Waals surface area contributed by atoms with Crippen LogP contribution in [0.4, 0.5) is 0 Å². The molecule has 3 heteroatoms. The van der Waals surface area contributed by atoms with E-state index in [-0.39, 0.29) is 18.6 Å². The van der Waals surface area contributed by atoms with Gasteiger partial charge < -0.3 is 5.11 Å². The minimum absolute atomic E-state index is 0.0874. The predicted molar refractivity (Wildman–Crippen MR) is 73.7 cm³/mol. The average Bonchev–Trinajstić information content (AvgIpc) is 2.30. The molecule has 3 nitrogen and oxygen atoms in total. The van der Waals surface area contributed by atoms with Gasteiger partial charge in [0, 0.05) is 12.1 Å². The molecule has 0 aliphatic heterocycles. The van der Waals surface area contributed by atoms with Crippen LogP contribution >= 0.6 is 0 Å². The lowest BCUT2D eigenvalue weighted by Crippen LogP contribution is -2.38. The summed E-state index contributed by atoms with van der Waals surface area (Å²) in [7, 11) is 0. The van der Waals surface area contributed by atoms with Crippen molar-refractivity contribution in [2.24, 2.45) is 0 Å². The van der Waals surface area contributed by atoms with E-state index in [1.54, 1.807) is 0 Å². The number of hydrogen-bond acceptors (Lipinski definition) is 2. The van der Waals surface area contributed by atoms with Gasteiger partial charge in [0.1, 0.15) is 0 Å². The minimum atomic E-state index is -0.769. The Kier molecular flexibility index (Phi) is 5.35. The lowest BCUT2D eigenvalue weighted by molar-refractivity contribution is -0.139. The smallest absolute Gasteiger partial charge is 0.317 e. The van der Waals surface area contributed by atoms with Gasteiger partial charge in [-0.1, -0.05) is 36.8 Å². The molecule has 0 spiro atoms. The van der Waals surface area contributed by atoms with Crippen LogP contribution in [0.2, 0.25) is 0 Å². The van der Waals surface area contributed by atoms with Gasteiger partial charge in [0.15, 0.2) is 0 Å². The molecule has 18 heavy (non-hydrogen) atoms. The Hall–Kier alpha value is -1.35. The highest BCUT2D eigenvalue weighted by molar-refractivity contribution is 5.69. The zero-order chi connectivity index (χ0) is 13.7. The number of hydrogen-bond donors (Lipinski definition) is 1. The van der Waals surface area contributed by atoms with Gasteiger partial charge in [-0.15, -0.1) is 0 Å². The van der Waals surface area contributed by atoms with Crippen LogP contribution in [-0.2, 0) is 4.79 Å². The molecule has 0 saturated heterocycles. The van der Waals surface area contributed by atoms with Gasteiger partial charge in [-0.25, -0.2) is 0 Å². The fourth-order valence-corrected chi connectivity index (χ4v) is 2.26. The molecule has 1 unspecified atom stereocenters. The molecular weight excluding hydrogens is 226 g/mol. The summed E-state index contributed by atoms with van der Waals surface area (Å²) >= 11 is 0. The van der Waals surface area contributed by atoms with Crippen molar-refractivity contribution in [3.05, 3.63) is 35.4 Å². The first kappa shape index (κ1) is 14.7. The second-order valence-electron chi connectivity index (χ2n) is 4.99. The van der Waals surface area contributed by atoms with Gasteiger partial charge in [-0.2, -0.15) is 0 Å². The van der Waals surface area contributed by atoms with E-state index in [1.165, 1.54) is 11.1 Å². The number of carboxylic acid groups (broad SMARTS) is 1. The van der Waals surface area contributed by atoms with Crippen molar-refractivity contribution in [2.75, 3.05) is 6.54 Å². The third-order valence-electron chi connectivity index (χ3n) is 3.23. The summed E-state index contributed by atoms with van der Waals surface area (Å²) in [6.45, 7) is 8.33. The first-order valence-corrected chi connectivity index (χ1v) is 6.49. The molecular formula is C15H23NO2. The third-order valence-corrected chi connectivity index (χ3v) is 3.23. The summed E-state index contributed by atoms with van der Waals surface area (Å²) < 4.78 is 0. The first-order valence-electron chi connectivity index (χ1n) is 6.49. The summed E-state index contributed by atoms with van der Waals surface area (Å²) in [6.07, 6.45) is 0.911. The highest BCUT2D eigenvalue weighted by Crippen LogP contribution is 2.26. The van der Waals surface area contributed by atoms with Crippen molar-refractivity contribution in [1.82, 2.24) is 4.90 Å². The van der Waals surface area contributed by atoms with Crippen molar-refractivity contribution < 1.29 is 9.90 Å². The van der Waals surface area contributed by atoms with Gasteiger partial charge in [-0.3, -0.25) is 9.69 Å². The van der Waals surface area contributed by atoms with E-state index in [0.29, 0.717) is 0 Å². The van der Waals surface area contributed by atoms with Crippen LogP contribution in [0.5, 0.6) is 0 Å². The van der Waals surface area contributed by atoms with Crippen molar-refractivity contribution in [3.8, 4) is 0 Å². The molecule has 0 saturated carbocycles. The zero-order valence-corrected chi connectivity index (χ0v) is 11.7. The van der Waals surface area contributed by atoms with Crippen LogP contribution in [0.3, 0.4) is 0 Å². The van der Waals surface area contributed by atoms with E-state index >= 15 is 0 Å². The molecule has 100 valence electrons. The number of carbonyl (C=O) groups is 1. The Labute approximate surface area is 109 Å². The fourth-order valence-electron chi connectivity index (χ4n) is 2.26. The number of nitrogens with zero attached hydrogens (tertiary/aromatic N) is 1. The Morgan fingerprint density at radius 1 is 1.28 bits per heavy atom. The second-order valence-corrected chi connectivity index (χ2v) is 4.99. The molecule has 1 N–H and O–H groups in total. The molecule has 0 aliphatic rings. The van der Waals surface area contributed by atoms with Gasteiger partial charge in [0.2, 0.25) is 0 Å². The van der Waals surface area contributed by atoms with Crippen LogP contribution in [0.25, 0.3) is 0 Å². The van der Waals surface area contributed by atoms with Crippen LogP contribution < -0.4 is 0 Å². The van der Waals surface area contributed by atoms with Crippen molar-refractivity contribution in [2.45, 2.75) is 46.2 Å². The molecule has 0 radical (unpaired) electrons. The normalized spacial score (nSPS) is 13.0. The maximum Gasteiger partial charge on any atom is 0.317 e. The third kappa shape index (κ3) is 3.84. The van der Waals surface area contributed by atoms with Crippen LogP contribution in [0.15, 0.2) is 24.3 Å². The molecule has 0 heterocycles. The Balaban J connectivity index is 2.97. The molecule has 1 rings (SSSR count). The largest absolute Gasteiger partial charge is 0.480 e. The Bertz CT molecular complexity index is 384. The SMILES string of the molecule is CCC(c1ccc(C)cc1)N(CC(=O)O)C(C)C. The molecule has 1 aromatic carbocycles. The lowest BCUT2D eigenvalue weighted by Gasteiger charge is -2.33. The minimum Gasteiger partial charge on any atom is -0.480 e. The molecule has 1 atom stereocenters. The topological polar surface area (TPSA) is 40.5 Å². The molecule has 0 bridgehead atoms. The van der Waals surface area contributed by atoms with Crippen molar-refractivity contribution >= 4 is 5.97 Å². The Morgan fingerprint density at radius 2 is 1.83 bits per heavy atom. The highest BCUT2D eigenvalue weighted by atomic mass is 16.4. The van der Waals surface area contributed by atoms with E-state index < -0.39 is 5.97 Å². The van der Waals surface area contributed by atoms with Crippen LogP contribution in [-0.4, -0.2) is 28.6 Å². The summed E-state index contributed by atoms with van der Waals surface area (Å²) in [5.74, 6) is -0.769. The fraction of sp³-hybridized carbons (Fsp3) is 0.533. The molecule has 0 amide bonds. The van der Waals surface area contributed by atoms with E-state index in [2.05, 4.69) is 38.1 Å². The van der Waals surface area contributed by atoms with E-state index in [0.717, 1.165) is 6.42 Å². The number of carboxylic acids is 1. The molecule has 0 aliphatic carbocycles. The number of aliphatic carboxylic acids is 1. The number of rotatable bonds is 6. The summed E-state index contributed by atoms with van der Waals surface area (Å²) in [6, 6.07) is 8.74. The highest BCUT2D eigenvalue weighted by Gasteiger charge is 2.23. The number of benzene rings is 1. The quantitative estimate of drug-likeness (QED) is 0.841. The lowest BCUT2D eigenvalue weighted by atomic mass is 10.00. The van der Waals surface area contributed by atoms with E-state index in [4.69, 9.17) is 5.11 Å². The maximum absolute atomic E-state index is 11.0. The maximum atomic E-state index is 11.0. The van der Waals surface area contributed by atoms with Gasteiger partial charge in [0.25, 0.3) is 0 Å². The standard InChI is InChI=1S/C15H23NO2/c1-5-14(13-8-6-12(4)7-9-13)16(11(2)3)10-15(17)18/h6-9,11,14H,5,10H2,1-4H3,(H,17,18). The van der Waals surface area contributed by atoms with E-state index in [9.17, 15) is 4.79 Å². The summed E-state index contributed by atoms with van der Waals surface area (Å²) in [4.78, 5) is 13.0. The van der Waals surface area contributed by atoms with Crippen molar-refractivity contribution in [3.63, 3.8) is 0 Å². The summed E-state index contributed by atoms with van der Waals surface area (Å²) in [5, 5.41) is 9.03. The predicted octanol–water partition coefficient (Wildman–Crippen LogP) is 3.24. The summed E-state index contributed by atoms with van der Waals surface area (Å²) in [5.41, 5.74) is 2.42. The van der Waals surface area contributed by atoms with Gasteiger partial charge >= 0.3 is 5.97 Å². The van der Waals surface area contributed by atoms with Crippen molar-refractivity contribution in [1.29, 1.82) is 0 Å². The first-order chi connectivity index (χ1) is 8.45. The number of aryl methyl sites for hydroxylation is 1. The monoisotopic (exact) mass is 249 g/mol. The van der Waals surface area contributed by atoms with E-state index in [1.807, 2.05) is 18.7 Å². The van der Waals surface area contributed by atoms with Gasteiger partial charge in [0.05, 0.1) is 6.54 Å². The van der Waals surface area contributed by atoms with Gasteiger partial charge in [-0.05, 0) is 32.8 Å². The second kappa shape index (κ2) is 6.55.